The van der Waals surface area contributed by atoms with Crippen LogP contribution in [0.4, 0.5) is 0 Å². The summed E-state index contributed by atoms with van der Waals surface area (Å²) in [7, 11) is 0. The summed E-state index contributed by atoms with van der Waals surface area (Å²) in [6.45, 7) is 4.41. The smallest absolute Gasteiger partial charge is 0.119 e. The van der Waals surface area contributed by atoms with E-state index < -0.39 is 0 Å². The molecule has 1 heterocycles. The van der Waals surface area contributed by atoms with Crippen LogP contribution < -0.4 is 10.1 Å². The molecule has 1 unspecified atom stereocenters. The number of ether oxygens (including phenoxy) is 2. The van der Waals surface area contributed by atoms with E-state index >= 15 is 0 Å². The van der Waals surface area contributed by atoms with Crippen LogP contribution in [0.2, 0.25) is 0 Å². The quantitative estimate of drug-likeness (QED) is 0.807. The fourth-order valence-electron chi connectivity index (χ4n) is 2.05. The second kappa shape index (κ2) is 9.20. The lowest BCUT2D eigenvalue weighted by atomic mass is 10.0. The Kier molecular flexibility index (Phi) is 7.81. The van der Waals surface area contributed by atoms with Gasteiger partial charge in [-0.05, 0) is 37.4 Å². The van der Waals surface area contributed by atoms with Crippen LogP contribution in [0.25, 0.3) is 0 Å². The molecule has 18 heavy (non-hydrogen) atoms. The molecule has 0 radical (unpaired) electrons. The van der Waals surface area contributed by atoms with Crippen molar-refractivity contribution in [1.82, 2.24) is 5.32 Å². The van der Waals surface area contributed by atoms with Gasteiger partial charge >= 0.3 is 0 Å². The topological polar surface area (TPSA) is 30.5 Å². The molecule has 1 fully saturated rings. The molecule has 1 atom stereocenters. The van der Waals surface area contributed by atoms with Gasteiger partial charge in [0.2, 0.25) is 0 Å². The molecular weight excluding hydrogens is 250 g/mol. The van der Waals surface area contributed by atoms with Gasteiger partial charge < -0.3 is 14.8 Å². The van der Waals surface area contributed by atoms with Gasteiger partial charge in [0.15, 0.2) is 0 Å². The minimum Gasteiger partial charge on any atom is -0.491 e. The highest BCUT2D eigenvalue weighted by Crippen LogP contribution is 2.10. The normalized spacial score (nSPS) is 19.0. The highest BCUT2D eigenvalue weighted by Gasteiger charge is 2.12. The Hall–Kier alpha value is -0.770. The molecule has 0 spiro atoms. The van der Waals surface area contributed by atoms with E-state index in [1.807, 2.05) is 30.3 Å². The Bertz CT molecular complexity index is 302. The van der Waals surface area contributed by atoms with Crippen molar-refractivity contribution in [2.75, 3.05) is 32.9 Å². The standard InChI is InChI=1S/C14H21NO2.ClH/c1-2-6-14(7-3-1)17-10-9-16-12-13-5-4-8-15-11-13;/h1-3,6-7,13,15H,4-5,8-12H2;1H. The van der Waals surface area contributed by atoms with Crippen molar-refractivity contribution >= 4 is 12.4 Å². The summed E-state index contributed by atoms with van der Waals surface area (Å²) in [6.07, 6.45) is 2.56. The Labute approximate surface area is 115 Å². The molecule has 1 aliphatic rings. The predicted octanol–water partition coefficient (Wildman–Crippen LogP) is 2.50. The number of benzene rings is 1. The molecule has 0 bridgehead atoms. The van der Waals surface area contributed by atoms with Crippen LogP contribution in [-0.4, -0.2) is 32.9 Å². The first-order valence-corrected chi connectivity index (χ1v) is 6.41. The van der Waals surface area contributed by atoms with E-state index in [2.05, 4.69) is 5.32 Å². The second-order valence-electron chi connectivity index (χ2n) is 4.45. The van der Waals surface area contributed by atoms with Gasteiger partial charge in [-0.3, -0.25) is 0 Å². The first-order chi connectivity index (χ1) is 8.45. The minimum absolute atomic E-state index is 0. The highest BCUT2D eigenvalue weighted by atomic mass is 35.5. The summed E-state index contributed by atoms with van der Waals surface area (Å²) in [5.41, 5.74) is 0. The van der Waals surface area contributed by atoms with Crippen molar-refractivity contribution in [2.45, 2.75) is 12.8 Å². The SMILES string of the molecule is Cl.c1ccc(OCCOCC2CCCNC2)cc1. The lowest BCUT2D eigenvalue weighted by Gasteiger charge is -2.22. The molecule has 1 saturated heterocycles. The lowest BCUT2D eigenvalue weighted by Crippen LogP contribution is -2.32. The van der Waals surface area contributed by atoms with E-state index in [0.29, 0.717) is 19.1 Å². The van der Waals surface area contributed by atoms with Crippen molar-refractivity contribution < 1.29 is 9.47 Å². The molecule has 1 aromatic carbocycles. The Balaban J connectivity index is 0.00000162. The van der Waals surface area contributed by atoms with E-state index in [4.69, 9.17) is 9.47 Å². The van der Waals surface area contributed by atoms with Crippen LogP contribution in [0.15, 0.2) is 30.3 Å². The van der Waals surface area contributed by atoms with E-state index in [9.17, 15) is 0 Å². The van der Waals surface area contributed by atoms with Gasteiger partial charge in [0, 0.05) is 6.54 Å². The first-order valence-electron chi connectivity index (χ1n) is 6.41. The summed E-state index contributed by atoms with van der Waals surface area (Å²) in [5.74, 6) is 1.59. The molecule has 0 aromatic heterocycles. The average Bonchev–Trinajstić information content (AvgIpc) is 2.41. The van der Waals surface area contributed by atoms with Crippen LogP contribution in [0, 0.1) is 5.92 Å². The van der Waals surface area contributed by atoms with Crippen LogP contribution in [0.3, 0.4) is 0 Å². The van der Waals surface area contributed by atoms with E-state index in [0.717, 1.165) is 25.4 Å². The van der Waals surface area contributed by atoms with Crippen LogP contribution in [0.1, 0.15) is 12.8 Å². The maximum absolute atomic E-state index is 5.63. The van der Waals surface area contributed by atoms with Crippen molar-refractivity contribution in [2.24, 2.45) is 5.92 Å². The fourth-order valence-corrected chi connectivity index (χ4v) is 2.05. The zero-order valence-electron chi connectivity index (χ0n) is 10.6. The number of para-hydroxylation sites is 1. The third kappa shape index (κ3) is 5.71. The molecule has 0 aliphatic carbocycles. The van der Waals surface area contributed by atoms with E-state index in [1.165, 1.54) is 12.8 Å². The third-order valence-corrected chi connectivity index (χ3v) is 2.99. The van der Waals surface area contributed by atoms with E-state index in [-0.39, 0.29) is 12.4 Å². The van der Waals surface area contributed by atoms with Crippen LogP contribution in [0.5, 0.6) is 5.75 Å². The van der Waals surface area contributed by atoms with Crippen LogP contribution in [-0.2, 0) is 4.74 Å². The zero-order valence-corrected chi connectivity index (χ0v) is 11.5. The monoisotopic (exact) mass is 271 g/mol. The number of piperidine rings is 1. The molecule has 1 aliphatic heterocycles. The maximum atomic E-state index is 5.63. The summed E-state index contributed by atoms with van der Waals surface area (Å²) in [6, 6.07) is 9.86. The largest absolute Gasteiger partial charge is 0.491 e. The summed E-state index contributed by atoms with van der Waals surface area (Å²) in [4.78, 5) is 0. The molecule has 102 valence electrons. The highest BCUT2D eigenvalue weighted by molar-refractivity contribution is 5.85. The fraction of sp³-hybridized carbons (Fsp3) is 0.571. The number of nitrogens with one attached hydrogen (secondary N) is 1. The molecule has 1 N–H and O–H groups in total. The summed E-state index contributed by atoms with van der Waals surface area (Å²) < 4.78 is 11.2. The molecule has 2 rings (SSSR count). The number of hydrogen-bond acceptors (Lipinski definition) is 3. The van der Waals surface area contributed by atoms with E-state index in [1.54, 1.807) is 0 Å². The summed E-state index contributed by atoms with van der Waals surface area (Å²) >= 11 is 0. The first kappa shape index (κ1) is 15.3. The third-order valence-electron chi connectivity index (χ3n) is 2.99. The molecule has 0 amide bonds. The lowest BCUT2D eigenvalue weighted by molar-refractivity contribution is 0.0671. The Morgan fingerprint density at radius 1 is 1.17 bits per heavy atom. The Morgan fingerprint density at radius 2 is 2.00 bits per heavy atom. The average molecular weight is 272 g/mol. The molecule has 1 aromatic rings. The minimum atomic E-state index is 0. The van der Waals surface area contributed by atoms with Gasteiger partial charge in [0.1, 0.15) is 12.4 Å². The molecular formula is C14H22ClNO2. The molecule has 0 saturated carbocycles. The number of rotatable bonds is 6. The van der Waals surface area contributed by atoms with Crippen molar-refractivity contribution in [3.05, 3.63) is 30.3 Å². The van der Waals surface area contributed by atoms with Crippen LogP contribution >= 0.6 is 12.4 Å². The number of halogens is 1. The van der Waals surface area contributed by atoms with Crippen molar-refractivity contribution in [3.8, 4) is 5.75 Å². The zero-order chi connectivity index (χ0) is 11.8. The van der Waals surface area contributed by atoms with Gasteiger partial charge in [-0.2, -0.15) is 0 Å². The predicted molar refractivity (Wildman–Crippen MR) is 75.6 cm³/mol. The second-order valence-corrected chi connectivity index (χ2v) is 4.45. The van der Waals surface area contributed by atoms with Gasteiger partial charge in [0.25, 0.3) is 0 Å². The van der Waals surface area contributed by atoms with Crippen molar-refractivity contribution in [1.29, 1.82) is 0 Å². The molecule has 4 heteroatoms. The number of hydrogen-bond donors (Lipinski definition) is 1. The van der Waals surface area contributed by atoms with Gasteiger partial charge in [0.05, 0.1) is 13.2 Å². The molecule has 3 nitrogen and oxygen atoms in total. The summed E-state index contributed by atoms with van der Waals surface area (Å²) in [5, 5.41) is 3.39. The van der Waals surface area contributed by atoms with Gasteiger partial charge in [-0.1, -0.05) is 18.2 Å². The van der Waals surface area contributed by atoms with Gasteiger partial charge in [-0.15, -0.1) is 12.4 Å². The van der Waals surface area contributed by atoms with Crippen molar-refractivity contribution in [3.63, 3.8) is 0 Å². The Morgan fingerprint density at radius 3 is 2.72 bits per heavy atom. The van der Waals surface area contributed by atoms with Gasteiger partial charge in [-0.25, -0.2) is 0 Å². The maximum Gasteiger partial charge on any atom is 0.119 e.